The van der Waals surface area contributed by atoms with Crippen molar-refractivity contribution in [2.45, 2.75) is 25.2 Å². The van der Waals surface area contributed by atoms with Crippen molar-refractivity contribution in [3.8, 4) is 17.2 Å². The summed E-state index contributed by atoms with van der Waals surface area (Å²) in [5, 5.41) is 3.43. The lowest BCUT2D eigenvalue weighted by Gasteiger charge is -2.36. The van der Waals surface area contributed by atoms with Gasteiger partial charge < -0.3 is 24.3 Å². The molecule has 4 rings (SSSR count). The fourth-order valence-corrected chi connectivity index (χ4v) is 3.07. The third kappa shape index (κ3) is 3.55. The molecule has 1 saturated heterocycles. The lowest BCUT2D eigenvalue weighted by atomic mass is 10.0. The molecule has 6 heteroatoms. The number of nitrogens with one attached hydrogen (secondary N) is 1. The molecule has 1 N–H and O–H groups in total. The number of halogens is 1. The first kappa shape index (κ1) is 16.2. The van der Waals surface area contributed by atoms with Crippen molar-refractivity contribution in [1.82, 2.24) is 5.32 Å². The van der Waals surface area contributed by atoms with Gasteiger partial charge in [0.25, 0.3) is 0 Å². The lowest BCUT2D eigenvalue weighted by Crippen LogP contribution is -2.48. The van der Waals surface area contributed by atoms with Gasteiger partial charge in [0, 0.05) is 18.7 Å². The molecule has 0 spiro atoms. The normalized spacial score (nSPS) is 25.0. The first-order chi connectivity index (χ1) is 12.2. The van der Waals surface area contributed by atoms with E-state index in [1.54, 1.807) is 12.1 Å². The van der Waals surface area contributed by atoms with E-state index in [4.69, 9.17) is 18.9 Å². The third-order valence-electron chi connectivity index (χ3n) is 4.44. The Morgan fingerprint density at radius 3 is 2.84 bits per heavy atom. The van der Waals surface area contributed by atoms with E-state index in [9.17, 15) is 4.39 Å². The summed E-state index contributed by atoms with van der Waals surface area (Å²) in [4.78, 5) is 0. The number of hydrogen-bond acceptors (Lipinski definition) is 5. The van der Waals surface area contributed by atoms with Crippen molar-refractivity contribution in [1.29, 1.82) is 0 Å². The highest BCUT2D eigenvalue weighted by atomic mass is 19.1. The molecule has 0 unspecified atom stereocenters. The van der Waals surface area contributed by atoms with E-state index >= 15 is 0 Å². The van der Waals surface area contributed by atoms with Gasteiger partial charge in [0.2, 0.25) is 6.79 Å². The predicted molar refractivity (Wildman–Crippen MR) is 89.5 cm³/mol. The molecule has 0 saturated carbocycles. The second kappa shape index (κ2) is 6.90. The summed E-state index contributed by atoms with van der Waals surface area (Å²) in [6.07, 6.45) is -0.258. The molecule has 0 radical (unpaired) electrons. The molecule has 2 bridgehead atoms. The molecular weight excluding hydrogens is 325 g/mol. The topological polar surface area (TPSA) is 49.0 Å². The Hall–Kier alpha value is -2.31. The molecule has 132 valence electrons. The summed E-state index contributed by atoms with van der Waals surface area (Å²) in [6, 6.07) is 12.1. The zero-order valence-corrected chi connectivity index (χ0v) is 13.9. The zero-order valence-electron chi connectivity index (χ0n) is 13.9. The van der Waals surface area contributed by atoms with Crippen LogP contribution in [0.3, 0.4) is 0 Å². The molecule has 2 aromatic carbocycles. The number of rotatable bonds is 4. The van der Waals surface area contributed by atoms with Crippen LogP contribution in [0.5, 0.6) is 17.2 Å². The first-order valence-corrected chi connectivity index (χ1v) is 8.36. The quantitative estimate of drug-likeness (QED) is 0.923. The number of morpholine rings is 1. The molecule has 1 fully saturated rings. The van der Waals surface area contributed by atoms with Crippen LogP contribution in [0.25, 0.3) is 0 Å². The number of ether oxygens (including phenoxy) is 4. The zero-order chi connectivity index (χ0) is 17.2. The monoisotopic (exact) mass is 345 g/mol. The molecule has 0 amide bonds. The summed E-state index contributed by atoms with van der Waals surface area (Å²) in [5.41, 5.74) is 0.950. The van der Waals surface area contributed by atoms with Crippen LogP contribution in [0.15, 0.2) is 42.5 Å². The van der Waals surface area contributed by atoms with Crippen molar-refractivity contribution in [3.63, 3.8) is 0 Å². The molecule has 5 nitrogen and oxygen atoms in total. The molecule has 0 aliphatic carbocycles. The molecule has 2 aliphatic rings. The first-order valence-electron chi connectivity index (χ1n) is 8.36. The van der Waals surface area contributed by atoms with Crippen LogP contribution in [0.2, 0.25) is 0 Å². The van der Waals surface area contributed by atoms with Crippen LogP contribution in [0.1, 0.15) is 18.6 Å². The molecule has 2 aromatic rings. The molecular formula is C19H20FNO4. The average molecular weight is 345 g/mol. The second-order valence-corrected chi connectivity index (χ2v) is 6.25. The van der Waals surface area contributed by atoms with E-state index in [2.05, 4.69) is 12.2 Å². The van der Waals surface area contributed by atoms with Crippen molar-refractivity contribution in [2.75, 3.05) is 19.9 Å². The Bertz CT molecular complexity index is 737. The number of benzene rings is 2. The fraction of sp³-hybridized carbons (Fsp3) is 0.368. The molecule has 2 aliphatic heterocycles. The van der Waals surface area contributed by atoms with Crippen LogP contribution >= 0.6 is 0 Å². The Kier molecular flexibility index (Phi) is 4.46. The minimum atomic E-state index is -0.249. The van der Waals surface area contributed by atoms with Gasteiger partial charge in [0.1, 0.15) is 24.3 Å². The predicted octanol–water partition coefficient (Wildman–Crippen LogP) is 3.05. The lowest BCUT2D eigenvalue weighted by molar-refractivity contribution is -0.0776. The Morgan fingerprint density at radius 1 is 1.16 bits per heavy atom. The van der Waals surface area contributed by atoms with Crippen LogP contribution in [0, 0.1) is 5.82 Å². The van der Waals surface area contributed by atoms with Gasteiger partial charge >= 0.3 is 0 Å². The van der Waals surface area contributed by atoms with E-state index in [1.165, 1.54) is 12.1 Å². The van der Waals surface area contributed by atoms with Gasteiger partial charge in [-0.2, -0.15) is 0 Å². The van der Waals surface area contributed by atoms with Crippen LogP contribution in [-0.4, -0.2) is 32.1 Å². The van der Waals surface area contributed by atoms with E-state index in [-0.39, 0.29) is 30.9 Å². The fourth-order valence-electron chi connectivity index (χ4n) is 3.07. The van der Waals surface area contributed by atoms with E-state index in [0.717, 1.165) is 11.3 Å². The third-order valence-corrected chi connectivity index (χ3v) is 4.44. The van der Waals surface area contributed by atoms with Crippen LogP contribution in [-0.2, 0) is 4.74 Å². The Labute approximate surface area is 145 Å². The summed E-state index contributed by atoms with van der Waals surface area (Å²) in [7, 11) is 0. The smallest absolute Gasteiger partial charge is 0.231 e. The summed E-state index contributed by atoms with van der Waals surface area (Å²) in [6.45, 7) is 3.34. The Balaban J connectivity index is 1.41. The van der Waals surface area contributed by atoms with Crippen molar-refractivity contribution in [2.24, 2.45) is 0 Å². The Morgan fingerprint density at radius 2 is 2.00 bits per heavy atom. The molecule has 3 atom stereocenters. The van der Waals surface area contributed by atoms with E-state index in [1.807, 2.05) is 18.2 Å². The van der Waals surface area contributed by atoms with Crippen molar-refractivity contribution in [3.05, 3.63) is 53.8 Å². The van der Waals surface area contributed by atoms with Crippen LogP contribution in [0.4, 0.5) is 4.39 Å². The minimum Gasteiger partial charge on any atom is -0.487 e. The number of hydrogen-bond donors (Lipinski definition) is 1. The maximum absolute atomic E-state index is 13.1. The highest BCUT2D eigenvalue weighted by Gasteiger charge is 2.30. The molecule has 25 heavy (non-hydrogen) atoms. The van der Waals surface area contributed by atoms with Gasteiger partial charge in [-0.25, -0.2) is 4.39 Å². The summed E-state index contributed by atoms with van der Waals surface area (Å²) in [5.74, 6) is 1.87. The minimum absolute atomic E-state index is 0.113. The summed E-state index contributed by atoms with van der Waals surface area (Å²) >= 11 is 0. The highest BCUT2D eigenvalue weighted by Crippen LogP contribution is 2.35. The molecule has 0 aromatic heterocycles. The van der Waals surface area contributed by atoms with E-state index in [0.29, 0.717) is 24.7 Å². The van der Waals surface area contributed by atoms with Gasteiger partial charge in [-0.1, -0.05) is 12.1 Å². The maximum atomic E-state index is 13.1. The summed E-state index contributed by atoms with van der Waals surface area (Å²) < 4.78 is 35.9. The van der Waals surface area contributed by atoms with Gasteiger partial charge in [-0.05, 0) is 36.8 Å². The van der Waals surface area contributed by atoms with Gasteiger partial charge in [0.15, 0.2) is 11.5 Å². The van der Waals surface area contributed by atoms with Gasteiger partial charge in [0.05, 0.1) is 6.10 Å². The largest absolute Gasteiger partial charge is 0.487 e. The average Bonchev–Trinajstić information content (AvgIpc) is 2.63. The SMILES string of the molecule is C[C@@H]1NC[C@H](COc2ccc3cc2OCO3)O[C@@H]1c1ccc(F)cc1. The van der Waals surface area contributed by atoms with Crippen molar-refractivity contribution < 1.29 is 23.3 Å². The second-order valence-electron chi connectivity index (χ2n) is 6.25. The van der Waals surface area contributed by atoms with Gasteiger partial charge in [-0.15, -0.1) is 0 Å². The standard InChI is InChI=1S/C19H20FNO4/c1-12-19(13-2-4-14(20)5-3-13)25-16(9-21-12)10-22-17-7-6-15-8-18(17)24-11-23-15/h2-8,12,16,19,21H,9-11H2,1H3/t12-,16+,19-/m0/s1. The molecule has 2 heterocycles. The maximum Gasteiger partial charge on any atom is 0.231 e. The van der Waals surface area contributed by atoms with Crippen LogP contribution < -0.4 is 19.5 Å². The number of fused-ring (bicyclic) bond motifs is 2. The van der Waals surface area contributed by atoms with E-state index < -0.39 is 0 Å². The highest BCUT2D eigenvalue weighted by molar-refractivity contribution is 5.46. The van der Waals surface area contributed by atoms with Gasteiger partial charge in [-0.3, -0.25) is 0 Å². The van der Waals surface area contributed by atoms with Crippen molar-refractivity contribution >= 4 is 0 Å².